The summed E-state index contributed by atoms with van der Waals surface area (Å²) in [6.45, 7) is 8.48. The number of hydrogen-bond donors (Lipinski definition) is 2. The van der Waals surface area contributed by atoms with Gasteiger partial charge in [0.25, 0.3) is 0 Å². The van der Waals surface area contributed by atoms with E-state index in [1.165, 1.54) is 0 Å². The molecular formula is C13H24N2O2. The van der Waals surface area contributed by atoms with Crippen molar-refractivity contribution in [2.45, 2.75) is 33.2 Å². The molecular weight excluding hydrogens is 216 g/mol. The quantitative estimate of drug-likeness (QED) is 0.462. The van der Waals surface area contributed by atoms with E-state index in [0.717, 1.165) is 13.0 Å². The fraction of sp³-hybridized carbons (Fsp3) is 0.769. The van der Waals surface area contributed by atoms with Crippen LogP contribution in [-0.4, -0.2) is 38.3 Å². The maximum absolute atomic E-state index is 11.4. The molecule has 4 heteroatoms. The third-order valence-corrected chi connectivity index (χ3v) is 2.29. The van der Waals surface area contributed by atoms with Crippen molar-refractivity contribution in [3.8, 4) is 12.3 Å². The summed E-state index contributed by atoms with van der Waals surface area (Å²) in [5.41, 5.74) is 0. The van der Waals surface area contributed by atoms with Gasteiger partial charge in [-0.1, -0.05) is 19.8 Å². The van der Waals surface area contributed by atoms with Gasteiger partial charge in [-0.2, -0.15) is 0 Å². The Labute approximate surface area is 104 Å². The van der Waals surface area contributed by atoms with E-state index in [-0.39, 0.29) is 18.5 Å². The SMILES string of the molecule is C#CCNC(=O)C(C)NCCOCCC(C)C. The average molecular weight is 240 g/mol. The van der Waals surface area contributed by atoms with E-state index in [0.29, 0.717) is 19.1 Å². The molecule has 0 saturated carbocycles. The lowest BCUT2D eigenvalue weighted by Crippen LogP contribution is -2.43. The topological polar surface area (TPSA) is 50.4 Å². The Hall–Kier alpha value is -1.05. The molecule has 4 nitrogen and oxygen atoms in total. The minimum atomic E-state index is -0.239. The van der Waals surface area contributed by atoms with E-state index in [1.807, 2.05) is 0 Å². The molecule has 0 bridgehead atoms. The minimum Gasteiger partial charge on any atom is -0.380 e. The Morgan fingerprint density at radius 2 is 2.06 bits per heavy atom. The van der Waals surface area contributed by atoms with Crippen LogP contribution in [0, 0.1) is 18.3 Å². The van der Waals surface area contributed by atoms with E-state index < -0.39 is 0 Å². The van der Waals surface area contributed by atoms with Gasteiger partial charge < -0.3 is 15.4 Å². The minimum absolute atomic E-state index is 0.0786. The predicted octanol–water partition coefficient (Wildman–Crippen LogP) is 0.777. The van der Waals surface area contributed by atoms with E-state index in [1.54, 1.807) is 6.92 Å². The Bertz CT molecular complexity index is 246. The van der Waals surface area contributed by atoms with Crippen molar-refractivity contribution < 1.29 is 9.53 Å². The zero-order valence-corrected chi connectivity index (χ0v) is 11.1. The van der Waals surface area contributed by atoms with Gasteiger partial charge in [0.15, 0.2) is 0 Å². The van der Waals surface area contributed by atoms with E-state index in [4.69, 9.17) is 11.2 Å². The highest BCUT2D eigenvalue weighted by Gasteiger charge is 2.09. The molecule has 2 N–H and O–H groups in total. The summed E-state index contributed by atoms with van der Waals surface area (Å²) in [6.07, 6.45) is 6.12. The molecule has 1 atom stereocenters. The van der Waals surface area contributed by atoms with Gasteiger partial charge in [0, 0.05) is 13.2 Å². The summed E-state index contributed by atoms with van der Waals surface area (Å²) in [5.74, 6) is 2.95. The van der Waals surface area contributed by atoms with Crippen LogP contribution in [-0.2, 0) is 9.53 Å². The van der Waals surface area contributed by atoms with Gasteiger partial charge in [0.2, 0.25) is 5.91 Å². The number of amides is 1. The molecule has 0 aliphatic carbocycles. The summed E-state index contributed by atoms with van der Waals surface area (Å²) in [6, 6.07) is -0.239. The van der Waals surface area contributed by atoms with E-state index in [9.17, 15) is 4.79 Å². The number of terminal acetylenes is 1. The first-order chi connectivity index (χ1) is 8.07. The Morgan fingerprint density at radius 3 is 2.65 bits per heavy atom. The van der Waals surface area contributed by atoms with Crippen LogP contribution in [0.3, 0.4) is 0 Å². The summed E-state index contributed by atoms with van der Waals surface area (Å²) < 4.78 is 5.43. The van der Waals surface area contributed by atoms with Crippen LogP contribution in [0.2, 0.25) is 0 Å². The maximum atomic E-state index is 11.4. The van der Waals surface area contributed by atoms with Crippen molar-refractivity contribution in [3.05, 3.63) is 0 Å². The van der Waals surface area contributed by atoms with E-state index >= 15 is 0 Å². The molecule has 98 valence electrons. The second-order valence-corrected chi connectivity index (χ2v) is 4.39. The highest BCUT2D eigenvalue weighted by molar-refractivity contribution is 5.81. The Kier molecular flexibility index (Phi) is 9.50. The van der Waals surface area contributed by atoms with Crippen LogP contribution in [0.1, 0.15) is 27.2 Å². The maximum Gasteiger partial charge on any atom is 0.237 e. The normalized spacial score (nSPS) is 12.2. The van der Waals surface area contributed by atoms with Crippen LogP contribution < -0.4 is 10.6 Å². The first kappa shape index (κ1) is 16.0. The summed E-state index contributed by atoms with van der Waals surface area (Å²) in [5, 5.41) is 5.69. The molecule has 0 aliphatic heterocycles. The summed E-state index contributed by atoms with van der Waals surface area (Å²) >= 11 is 0. The number of rotatable bonds is 9. The molecule has 0 saturated heterocycles. The van der Waals surface area contributed by atoms with Crippen LogP contribution in [0.25, 0.3) is 0 Å². The van der Waals surface area contributed by atoms with Crippen molar-refractivity contribution in [1.29, 1.82) is 0 Å². The van der Waals surface area contributed by atoms with Gasteiger partial charge >= 0.3 is 0 Å². The predicted molar refractivity (Wildman–Crippen MR) is 69.6 cm³/mol. The molecule has 0 aromatic carbocycles. The fourth-order valence-electron chi connectivity index (χ4n) is 1.15. The van der Waals surface area contributed by atoms with E-state index in [2.05, 4.69) is 30.4 Å². The van der Waals surface area contributed by atoms with Crippen LogP contribution >= 0.6 is 0 Å². The van der Waals surface area contributed by atoms with Gasteiger partial charge in [0.05, 0.1) is 19.2 Å². The molecule has 17 heavy (non-hydrogen) atoms. The van der Waals surface area contributed by atoms with Crippen molar-refractivity contribution in [2.75, 3.05) is 26.3 Å². The van der Waals surface area contributed by atoms with Crippen molar-refractivity contribution in [3.63, 3.8) is 0 Å². The second-order valence-electron chi connectivity index (χ2n) is 4.39. The molecule has 0 radical (unpaired) electrons. The Balaban J connectivity index is 3.42. The molecule has 0 fully saturated rings. The van der Waals surface area contributed by atoms with Crippen LogP contribution in [0.15, 0.2) is 0 Å². The number of ether oxygens (including phenoxy) is 1. The second kappa shape index (κ2) is 10.1. The standard InChI is InChI=1S/C13H24N2O2/c1-5-7-15-13(16)12(4)14-8-10-17-9-6-11(2)3/h1,11-12,14H,6-10H2,2-4H3,(H,15,16). The number of carbonyl (C=O) groups excluding carboxylic acids is 1. The molecule has 0 spiro atoms. The van der Waals surface area contributed by atoms with Gasteiger partial charge in [-0.15, -0.1) is 6.42 Å². The van der Waals surface area contributed by atoms with Crippen LogP contribution in [0.4, 0.5) is 0 Å². The first-order valence-electron chi connectivity index (χ1n) is 6.10. The first-order valence-corrected chi connectivity index (χ1v) is 6.10. The van der Waals surface area contributed by atoms with Crippen molar-refractivity contribution in [1.82, 2.24) is 10.6 Å². The monoisotopic (exact) mass is 240 g/mol. The molecule has 0 aliphatic rings. The number of carbonyl (C=O) groups is 1. The fourth-order valence-corrected chi connectivity index (χ4v) is 1.15. The lowest BCUT2D eigenvalue weighted by Gasteiger charge is -2.13. The third-order valence-electron chi connectivity index (χ3n) is 2.29. The number of hydrogen-bond acceptors (Lipinski definition) is 3. The van der Waals surface area contributed by atoms with Gasteiger partial charge in [0.1, 0.15) is 0 Å². The van der Waals surface area contributed by atoms with Crippen molar-refractivity contribution in [2.24, 2.45) is 5.92 Å². The van der Waals surface area contributed by atoms with Gasteiger partial charge in [-0.25, -0.2) is 0 Å². The summed E-state index contributed by atoms with van der Waals surface area (Å²) in [7, 11) is 0. The van der Waals surface area contributed by atoms with Gasteiger partial charge in [-0.3, -0.25) is 4.79 Å². The lowest BCUT2D eigenvalue weighted by molar-refractivity contribution is -0.122. The molecule has 0 aromatic rings. The molecule has 0 rings (SSSR count). The number of nitrogens with one attached hydrogen (secondary N) is 2. The summed E-state index contributed by atoms with van der Waals surface area (Å²) in [4.78, 5) is 11.4. The average Bonchev–Trinajstić information content (AvgIpc) is 2.29. The largest absolute Gasteiger partial charge is 0.380 e. The molecule has 0 heterocycles. The highest BCUT2D eigenvalue weighted by Crippen LogP contribution is 1.98. The molecule has 0 aromatic heterocycles. The van der Waals surface area contributed by atoms with Crippen LogP contribution in [0.5, 0.6) is 0 Å². The Morgan fingerprint density at radius 1 is 1.35 bits per heavy atom. The van der Waals surface area contributed by atoms with Gasteiger partial charge in [-0.05, 0) is 19.3 Å². The highest BCUT2D eigenvalue weighted by atomic mass is 16.5. The van der Waals surface area contributed by atoms with Crippen molar-refractivity contribution >= 4 is 5.91 Å². The zero-order valence-electron chi connectivity index (χ0n) is 11.1. The lowest BCUT2D eigenvalue weighted by atomic mass is 10.1. The zero-order chi connectivity index (χ0) is 13.1. The smallest absolute Gasteiger partial charge is 0.237 e. The molecule has 1 unspecified atom stereocenters. The molecule has 1 amide bonds. The third kappa shape index (κ3) is 9.86.